The second kappa shape index (κ2) is 7.33. The average molecular weight is 328 g/mol. The van der Waals surface area contributed by atoms with Crippen molar-refractivity contribution in [3.05, 3.63) is 95.6 Å². The molecule has 0 saturated heterocycles. The first kappa shape index (κ1) is 16.3. The first-order valence-corrected chi connectivity index (χ1v) is 7.82. The van der Waals surface area contributed by atoms with Gasteiger partial charge in [-0.15, -0.1) is 0 Å². The Labute approximate surface area is 146 Å². The van der Waals surface area contributed by atoms with Crippen molar-refractivity contribution < 1.29 is 9.90 Å². The zero-order chi connectivity index (χ0) is 17.6. The highest BCUT2D eigenvalue weighted by Crippen LogP contribution is 2.22. The van der Waals surface area contributed by atoms with Crippen LogP contribution < -0.4 is 4.90 Å². The van der Waals surface area contributed by atoms with E-state index in [1.54, 1.807) is 65.6 Å². The van der Waals surface area contributed by atoms with Crippen molar-refractivity contribution >= 4 is 11.6 Å². The van der Waals surface area contributed by atoms with Gasteiger partial charge in [-0.2, -0.15) is 5.26 Å². The monoisotopic (exact) mass is 328 g/mol. The first-order chi connectivity index (χ1) is 12.2. The van der Waals surface area contributed by atoms with Crippen molar-refractivity contribution in [3.63, 3.8) is 0 Å². The van der Waals surface area contributed by atoms with E-state index in [0.29, 0.717) is 23.4 Å². The van der Waals surface area contributed by atoms with Gasteiger partial charge < -0.3 is 10.0 Å². The predicted octanol–water partition coefficient (Wildman–Crippen LogP) is 4.11. The number of nitriles is 1. The van der Waals surface area contributed by atoms with Gasteiger partial charge in [0.25, 0.3) is 5.91 Å². The summed E-state index contributed by atoms with van der Waals surface area (Å²) in [6, 6.07) is 24.8. The van der Waals surface area contributed by atoms with Crippen molar-refractivity contribution in [2.24, 2.45) is 0 Å². The average Bonchev–Trinajstić information content (AvgIpc) is 2.68. The van der Waals surface area contributed by atoms with Gasteiger partial charge in [-0.25, -0.2) is 0 Å². The van der Waals surface area contributed by atoms with Gasteiger partial charge in [0.1, 0.15) is 5.75 Å². The maximum Gasteiger partial charge on any atom is 0.258 e. The van der Waals surface area contributed by atoms with E-state index in [1.807, 2.05) is 18.2 Å². The second-order valence-corrected chi connectivity index (χ2v) is 5.58. The molecular formula is C21H16N2O2. The minimum atomic E-state index is -0.126. The molecule has 3 rings (SSSR count). The fourth-order valence-electron chi connectivity index (χ4n) is 2.52. The molecule has 3 aromatic carbocycles. The lowest BCUT2D eigenvalue weighted by molar-refractivity contribution is 0.0985. The van der Waals surface area contributed by atoms with Crippen molar-refractivity contribution in [1.82, 2.24) is 0 Å². The smallest absolute Gasteiger partial charge is 0.258 e. The zero-order valence-corrected chi connectivity index (χ0v) is 13.5. The quantitative estimate of drug-likeness (QED) is 0.784. The molecule has 0 aliphatic heterocycles. The van der Waals surface area contributed by atoms with Crippen LogP contribution >= 0.6 is 0 Å². The summed E-state index contributed by atoms with van der Waals surface area (Å²) in [4.78, 5) is 14.6. The number of amides is 1. The fraction of sp³-hybridized carbons (Fsp3) is 0.0476. The van der Waals surface area contributed by atoms with Crippen molar-refractivity contribution in [3.8, 4) is 11.8 Å². The summed E-state index contributed by atoms with van der Waals surface area (Å²) in [5.41, 5.74) is 2.73. The number of hydrogen-bond acceptors (Lipinski definition) is 3. The van der Waals surface area contributed by atoms with Crippen molar-refractivity contribution in [1.29, 1.82) is 5.26 Å². The maximum absolute atomic E-state index is 13.0. The van der Waals surface area contributed by atoms with Gasteiger partial charge in [0.2, 0.25) is 0 Å². The molecule has 3 aromatic rings. The fourth-order valence-corrected chi connectivity index (χ4v) is 2.52. The highest BCUT2D eigenvalue weighted by atomic mass is 16.3. The minimum absolute atomic E-state index is 0.126. The summed E-state index contributed by atoms with van der Waals surface area (Å²) >= 11 is 0. The number of carbonyl (C=O) groups excluding carboxylic acids is 1. The van der Waals surface area contributed by atoms with E-state index in [0.717, 1.165) is 5.56 Å². The van der Waals surface area contributed by atoms with Crippen LogP contribution in [0.5, 0.6) is 5.75 Å². The molecule has 122 valence electrons. The third kappa shape index (κ3) is 3.85. The van der Waals surface area contributed by atoms with Gasteiger partial charge in [-0.1, -0.05) is 30.3 Å². The summed E-state index contributed by atoms with van der Waals surface area (Å²) in [5.74, 6) is 0.0569. The van der Waals surface area contributed by atoms with Crippen LogP contribution in [0.4, 0.5) is 5.69 Å². The maximum atomic E-state index is 13.0. The summed E-state index contributed by atoms with van der Waals surface area (Å²) in [5, 5.41) is 18.4. The Morgan fingerprint density at radius 1 is 0.920 bits per heavy atom. The van der Waals surface area contributed by atoms with Gasteiger partial charge in [-0.05, 0) is 54.1 Å². The summed E-state index contributed by atoms with van der Waals surface area (Å²) in [7, 11) is 0. The Morgan fingerprint density at radius 2 is 1.56 bits per heavy atom. The van der Waals surface area contributed by atoms with Gasteiger partial charge in [-0.3, -0.25) is 4.79 Å². The van der Waals surface area contributed by atoms with Crippen LogP contribution in [0.25, 0.3) is 0 Å². The summed E-state index contributed by atoms with van der Waals surface area (Å²) in [6.45, 7) is 0.361. The molecule has 0 radical (unpaired) electrons. The Kier molecular flexibility index (Phi) is 4.77. The standard InChI is InChI=1S/C21H16N2O2/c22-14-16-6-10-19(11-7-16)23(15-17-8-12-20(24)13-9-17)21(25)18-4-2-1-3-5-18/h1-13,24H,15H2. The molecule has 0 bridgehead atoms. The van der Waals surface area contributed by atoms with E-state index in [-0.39, 0.29) is 11.7 Å². The van der Waals surface area contributed by atoms with Crippen LogP contribution in [0.2, 0.25) is 0 Å². The number of rotatable bonds is 4. The van der Waals surface area contributed by atoms with Crippen molar-refractivity contribution in [2.45, 2.75) is 6.54 Å². The number of phenols is 1. The number of nitrogens with zero attached hydrogens (tertiary/aromatic N) is 2. The number of aromatic hydroxyl groups is 1. The molecule has 0 unspecified atom stereocenters. The lowest BCUT2D eigenvalue weighted by Crippen LogP contribution is -2.30. The highest BCUT2D eigenvalue weighted by Gasteiger charge is 2.18. The largest absolute Gasteiger partial charge is 0.508 e. The Morgan fingerprint density at radius 3 is 2.16 bits per heavy atom. The first-order valence-electron chi connectivity index (χ1n) is 7.82. The third-order valence-electron chi connectivity index (χ3n) is 3.85. The predicted molar refractivity (Wildman–Crippen MR) is 96.2 cm³/mol. The van der Waals surface area contributed by atoms with Crippen LogP contribution in [-0.4, -0.2) is 11.0 Å². The number of phenolic OH excluding ortho intramolecular Hbond substituents is 1. The van der Waals surface area contributed by atoms with E-state index < -0.39 is 0 Å². The van der Waals surface area contributed by atoms with E-state index in [2.05, 4.69) is 6.07 Å². The SMILES string of the molecule is N#Cc1ccc(N(Cc2ccc(O)cc2)C(=O)c2ccccc2)cc1. The topological polar surface area (TPSA) is 64.3 Å². The number of hydrogen-bond donors (Lipinski definition) is 1. The van der Waals surface area contributed by atoms with Gasteiger partial charge in [0.05, 0.1) is 18.2 Å². The normalized spacial score (nSPS) is 10.0. The minimum Gasteiger partial charge on any atom is -0.508 e. The van der Waals surface area contributed by atoms with Gasteiger partial charge in [0, 0.05) is 11.3 Å². The van der Waals surface area contributed by atoms with Crippen LogP contribution in [0, 0.1) is 11.3 Å². The van der Waals surface area contributed by atoms with E-state index in [9.17, 15) is 9.90 Å². The molecule has 0 aromatic heterocycles. The molecule has 0 spiro atoms. The molecule has 0 heterocycles. The molecule has 1 N–H and O–H groups in total. The summed E-state index contributed by atoms with van der Waals surface area (Å²) < 4.78 is 0. The highest BCUT2D eigenvalue weighted by molar-refractivity contribution is 6.06. The molecular weight excluding hydrogens is 312 g/mol. The molecule has 0 fully saturated rings. The van der Waals surface area contributed by atoms with E-state index in [4.69, 9.17) is 5.26 Å². The van der Waals surface area contributed by atoms with Gasteiger partial charge >= 0.3 is 0 Å². The number of benzene rings is 3. The van der Waals surface area contributed by atoms with Crippen LogP contribution in [0.3, 0.4) is 0 Å². The third-order valence-corrected chi connectivity index (χ3v) is 3.85. The molecule has 0 atom stereocenters. The lowest BCUT2D eigenvalue weighted by Gasteiger charge is -2.23. The zero-order valence-electron chi connectivity index (χ0n) is 13.5. The number of anilines is 1. The molecule has 0 saturated carbocycles. The van der Waals surface area contributed by atoms with E-state index in [1.165, 1.54) is 0 Å². The van der Waals surface area contributed by atoms with Crippen LogP contribution in [0.15, 0.2) is 78.9 Å². The Balaban J connectivity index is 1.96. The van der Waals surface area contributed by atoms with Crippen molar-refractivity contribution in [2.75, 3.05) is 4.90 Å². The van der Waals surface area contributed by atoms with E-state index >= 15 is 0 Å². The Bertz CT molecular complexity index is 895. The molecule has 25 heavy (non-hydrogen) atoms. The molecule has 1 amide bonds. The molecule has 4 heteroatoms. The van der Waals surface area contributed by atoms with Crippen LogP contribution in [-0.2, 0) is 6.54 Å². The summed E-state index contributed by atoms with van der Waals surface area (Å²) in [6.07, 6.45) is 0. The lowest BCUT2D eigenvalue weighted by atomic mass is 10.1. The second-order valence-electron chi connectivity index (χ2n) is 5.58. The molecule has 0 aliphatic rings. The van der Waals surface area contributed by atoms with Crippen LogP contribution in [0.1, 0.15) is 21.5 Å². The molecule has 4 nitrogen and oxygen atoms in total. The Hall–Kier alpha value is -3.58. The molecule has 0 aliphatic carbocycles. The van der Waals surface area contributed by atoms with Gasteiger partial charge in [0.15, 0.2) is 0 Å². The number of carbonyl (C=O) groups is 1.